The van der Waals surface area contributed by atoms with Crippen molar-refractivity contribution in [3.05, 3.63) is 53.3 Å². The van der Waals surface area contributed by atoms with Crippen molar-refractivity contribution in [1.82, 2.24) is 29.4 Å². The smallest absolute Gasteiger partial charge is 0.387 e. The normalized spacial score (nSPS) is 12.4. The molecule has 0 aliphatic carbocycles. The Morgan fingerprint density at radius 3 is 2.58 bits per heavy atom. The number of carbonyl (C=O) groups is 2. The Kier molecular flexibility index (Phi) is 7.47. The van der Waals surface area contributed by atoms with E-state index < -0.39 is 42.2 Å². The summed E-state index contributed by atoms with van der Waals surface area (Å²) in [5.41, 5.74) is -0.457. The minimum atomic E-state index is -4.87. The highest BCUT2D eigenvalue weighted by molar-refractivity contribution is 6.29. The molecule has 0 aromatic carbocycles. The maximum absolute atomic E-state index is 13.8. The van der Waals surface area contributed by atoms with Gasteiger partial charge in [-0.1, -0.05) is 11.6 Å². The van der Waals surface area contributed by atoms with Crippen molar-refractivity contribution in [2.24, 2.45) is 0 Å². The summed E-state index contributed by atoms with van der Waals surface area (Å²) >= 11 is 5.96. The number of fused-ring (bicyclic) bond motifs is 1. The number of alkyl halides is 3. The number of aromatic nitrogens is 6. The number of urea groups is 1. The van der Waals surface area contributed by atoms with Gasteiger partial charge in [0.2, 0.25) is 5.91 Å². The fourth-order valence-electron chi connectivity index (χ4n) is 3.43. The highest BCUT2D eigenvalue weighted by Crippen LogP contribution is 2.35. The van der Waals surface area contributed by atoms with Gasteiger partial charge in [0.05, 0.1) is 53.6 Å². The summed E-state index contributed by atoms with van der Waals surface area (Å²) in [6.07, 6.45) is -0.909. The number of hydrogen-bond acceptors (Lipinski definition) is 8. The van der Waals surface area contributed by atoms with Gasteiger partial charge in [0.25, 0.3) is 0 Å². The standard InChI is InChI=1S/C21H19ClF3N9O4/c1-10(38-2)18-14(7-26-16-4-15(22)32-34(16)18)31-20(37)30-11-3-13(21(23,24)25)19(27-5-11)33-8-12(6-28-33)29-17(36)9-35/h3-8,10,35H,9H2,1-2H3,(H,29,36)(H2,30,31,37)/t10-/m0/s1. The number of nitrogens with one attached hydrogen (secondary N) is 3. The summed E-state index contributed by atoms with van der Waals surface area (Å²) in [6, 6.07) is 1.31. The highest BCUT2D eigenvalue weighted by atomic mass is 35.5. The van der Waals surface area contributed by atoms with Crippen LogP contribution in [0.4, 0.5) is 35.0 Å². The lowest BCUT2D eigenvalue weighted by molar-refractivity contribution is -0.137. The second-order valence-corrected chi connectivity index (χ2v) is 8.11. The molecule has 4 N–H and O–H groups in total. The van der Waals surface area contributed by atoms with Crippen molar-refractivity contribution >= 4 is 46.2 Å². The van der Waals surface area contributed by atoms with E-state index in [0.29, 0.717) is 17.4 Å². The van der Waals surface area contributed by atoms with Crippen LogP contribution in [0.25, 0.3) is 11.5 Å². The molecule has 0 fully saturated rings. The topological polar surface area (TPSA) is 161 Å². The van der Waals surface area contributed by atoms with Crippen molar-refractivity contribution in [1.29, 1.82) is 0 Å². The molecule has 13 nitrogen and oxygen atoms in total. The minimum absolute atomic E-state index is 0.0469. The van der Waals surface area contributed by atoms with Gasteiger partial charge in [-0.2, -0.15) is 23.4 Å². The molecule has 0 aliphatic rings. The number of nitrogens with zero attached hydrogens (tertiary/aromatic N) is 6. The molecule has 0 radical (unpaired) electrons. The first-order valence-corrected chi connectivity index (χ1v) is 11.1. The van der Waals surface area contributed by atoms with Gasteiger partial charge in [-0.25, -0.2) is 24.0 Å². The zero-order chi connectivity index (χ0) is 27.6. The lowest BCUT2D eigenvalue weighted by Crippen LogP contribution is -2.23. The van der Waals surface area contributed by atoms with E-state index in [1.165, 1.54) is 23.9 Å². The molecular formula is C21H19ClF3N9O4. The third-order valence-electron chi connectivity index (χ3n) is 5.13. The third kappa shape index (κ3) is 5.66. The van der Waals surface area contributed by atoms with Crippen molar-refractivity contribution < 1.29 is 32.6 Å². The molecule has 200 valence electrons. The van der Waals surface area contributed by atoms with Crippen molar-refractivity contribution in [2.45, 2.75) is 19.2 Å². The first-order valence-electron chi connectivity index (χ1n) is 10.7. The zero-order valence-electron chi connectivity index (χ0n) is 19.6. The molecule has 17 heteroatoms. The third-order valence-corrected chi connectivity index (χ3v) is 5.32. The molecule has 38 heavy (non-hydrogen) atoms. The quantitative estimate of drug-likeness (QED) is 0.271. The van der Waals surface area contributed by atoms with Crippen LogP contribution in [0.5, 0.6) is 0 Å². The largest absolute Gasteiger partial charge is 0.420 e. The molecule has 0 bridgehead atoms. The van der Waals surface area contributed by atoms with Crippen LogP contribution in [-0.2, 0) is 15.7 Å². The van der Waals surface area contributed by atoms with Crippen LogP contribution in [0.3, 0.4) is 0 Å². The summed E-state index contributed by atoms with van der Waals surface area (Å²) in [7, 11) is 1.45. The minimum Gasteiger partial charge on any atom is -0.387 e. The lowest BCUT2D eigenvalue weighted by atomic mass is 10.2. The van der Waals surface area contributed by atoms with Crippen molar-refractivity contribution in [2.75, 3.05) is 29.7 Å². The van der Waals surface area contributed by atoms with E-state index in [-0.39, 0.29) is 22.2 Å². The van der Waals surface area contributed by atoms with Gasteiger partial charge < -0.3 is 25.8 Å². The van der Waals surface area contributed by atoms with E-state index in [0.717, 1.165) is 23.3 Å². The Morgan fingerprint density at radius 1 is 1.13 bits per heavy atom. The molecule has 3 amide bonds. The number of pyridine rings is 1. The van der Waals surface area contributed by atoms with Crippen LogP contribution in [-0.4, -0.2) is 60.1 Å². The van der Waals surface area contributed by atoms with Crippen LogP contribution in [0.15, 0.2) is 36.9 Å². The molecule has 4 aromatic heterocycles. The van der Waals surface area contributed by atoms with Crippen LogP contribution < -0.4 is 16.0 Å². The molecule has 0 saturated heterocycles. The summed E-state index contributed by atoms with van der Waals surface area (Å²) in [6.45, 7) is 0.882. The number of anilines is 3. The van der Waals surface area contributed by atoms with Gasteiger partial charge in [-0.05, 0) is 13.0 Å². The summed E-state index contributed by atoms with van der Waals surface area (Å²) in [5.74, 6) is -1.37. The highest BCUT2D eigenvalue weighted by Gasteiger charge is 2.36. The molecular weight excluding hydrogens is 535 g/mol. The molecule has 4 rings (SSSR count). The van der Waals surface area contributed by atoms with Gasteiger partial charge in [0.1, 0.15) is 12.2 Å². The summed E-state index contributed by atoms with van der Waals surface area (Å²) in [4.78, 5) is 32.0. The van der Waals surface area contributed by atoms with Crippen molar-refractivity contribution in [3.8, 4) is 5.82 Å². The Morgan fingerprint density at radius 2 is 1.89 bits per heavy atom. The molecule has 0 unspecified atom stereocenters. The molecule has 0 spiro atoms. The number of aliphatic hydroxyl groups is 1. The number of carbonyl (C=O) groups excluding carboxylic acids is 2. The van der Waals surface area contributed by atoms with Crippen LogP contribution in [0.2, 0.25) is 5.15 Å². The van der Waals surface area contributed by atoms with Gasteiger partial charge >= 0.3 is 12.2 Å². The van der Waals surface area contributed by atoms with E-state index in [1.54, 1.807) is 6.92 Å². The molecule has 1 atom stereocenters. The van der Waals surface area contributed by atoms with Crippen LogP contribution in [0.1, 0.15) is 24.3 Å². The molecule has 4 heterocycles. The lowest BCUT2D eigenvalue weighted by Gasteiger charge is -2.17. The van der Waals surface area contributed by atoms with Crippen LogP contribution >= 0.6 is 11.6 Å². The van der Waals surface area contributed by atoms with Gasteiger partial charge in [0, 0.05) is 13.2 Å². The second kappa shape index (κ2) is 10.6. The molecule has 0 saturated carbocycles. The number of aliphatic hydroxyl groups excluding tert-OH is 1. The van der Waals surface area contributed by atoms with E-state index >= 15 is 0 Å². The predicted octanol–water partition coefficient (Wildman–Crippen LogP) is 3.26. The number of ether oxygens (including phenoxy) is 1. The monoisotopic (exact) mass is 553 g/mol. The average molecular weight is 554 g/mol. The predicted molar refractivity (Wildman–Crippen MR) is 128 cm³/mol. The number of amides is 3. The molecule has 4 aromatic rings. The Labute approximate surface area is 216 Å². The first kappa shape index (κ1) is 26.8. The fraction of sp³-hybridized carbons (Fsp3) is 0.238. The van der Waals surface area contributed by atoms with E-state index in [9.17, 15) is 22.8 Å². The fourth-order valence-corrected chi connectivity index (χ4v) is 3.60. The SMILES string of the molecule is CO[C@@H](C)c1c(NC(=O)Nc2cnc(-n3cc(NC(=O)CO)cn3)c(C(F)(F)F)c2)cnc2cc(Cl)nn12. The van der Waals surface area contributed by atoms with Gasteiger partial charge in [-0.15, -0.1) is 0 Å². The number of halogens is 4. The second-order valence-electron chi connectivity index (χ2n) is 7.72. The maximum atomic E-state index is 13.8. The maximum Gasteiger partial charge on any atom is 0.420 e. The average Bonchev–Trinajstić information content (AvgIpc) is 3.48. The Balaban J connectivity index is 1.60. The summed E-state index contributed by atoms with van der Waals surface area (Å²) < 4.78 is 49.1. The van der Waals surface area contributed by atoms with E-state index in [4.69, 9.17) is 21.4 Å². The Hall–Kier alpha value is -4.28. The summed E-state index contributed by atoms with van der Waals surface area (Å²) in [5, 5.41) is 24.0. The number of hydrogen-bond donors (Lipinski definition) is 4. The van der Waals surface area contributed by atoms with Crippen molar-refractivity contribution in [3.63, 3.8) is 0 Å². The number of rotatable bonds is 7. The first-order chi connectivity index (χ1) is 18.0. The molecule has 0 aliphatic heterocycles. The zero-order valence-corrected chi connectivity index (χ0v) is 20.4. The van der Waals surface area contributed by atoms with E-state index in [1.807, 2.05) is 0 Å². The van der Waals surface area contributed by atoms with Gasteiger partial charge in [0.15, 0.2) is 16.6 Å². The Bertz CT molecular complexity index is 1510. The van der Waals surface area contributed by atoms with Crippen LogP contribution in [0, 0.1) is 0 Å². The van der Waals surface area contributed by atoms with Gasteiger partial charge in [-0.3, -0.25) is 4.79 Å². The number of methoxy groups -OCH3 is 1. The van der Waals surface area contributed by atoms with E-state index in [2.05, 4.69) is 36.1 Å².